The van der Waals surface area contributed by atoms with Crippen LogP contribution in [0.15, 0.2) is 18.7 Å². The normalized spacial score (nSPS) is 11.7. The van der Waals surface area contributed by atoms with Crippen molar-refractivity contribution < 1.29 is 0 Å². The van der Waals surface area contributed by atoms with Crippen LogP contribution in [0.3, 0.4) is 0 Å². The van der Waals surface area contributed by atoms with Crippen molar-refractivity contribution in [3.05, 3.63) is 23.7 Å². The average Bonchev–Trinajstić information content (AvgIpc) is 2.77. The molecule has 2 rings (SSSR count). The van der Waals surface area contributed by atoms with Gasteiger partial charge in [-0.05, 0) is 20.8 Å². The summed E-state index contributed by atoms with van der Waals surface area (Å²) in [6.45, 7) is 7.36. The molecule has 96 valence electrons. The first kappa shape index (κ1) is 13.0. The lowest BCUT2D eigenvalue weighted by molar-refractivity contribution is 0.429. The Kier molecular flexibility index (Phi) is 3.98. The predicted octanol–water partition coefficient (Wildman–Crippen LogP) is 1.93. The Labute approximate surface area is 111 Å². The lowest BCUT2D eigenvalue weighted by Gasteiger charge is -2.19. The maximum absolute atomic E-state index is 4.19. The van der Waals surface area contributed by atoms with Crippen LogP contribution in [0.5, 0.6) is 0 Å². The van der Waals surface area contributed by atoms with Gasteiger partial charge in [-0.3, -0.25) is 0 Å². The van der Waals surface area contributed by atoms with Crippen molar-refractivity contribution in [1.82, 2.24) is 25.5 Å². The summed E-state index contributed by atoms with van der Waals surface area (Å²) in [5, 5.41) is 13.7. The lowest BCUT2D eigenvalue weighted by Crippen LogP contribution is -2.37. The molecule has 0 aliphatic rings. The molecule has 2 aromatic rings. The second-order valence-electron chi connectivity index (χ2n) is 5.05. The van der Waals surface area contributed by atoms with Crippen molar-refractivity contribution in [3.63, 3.8) is 0 Å². The Morgan fingerprint density at radius 1 is 1.17 bits per heavy atom. The van der Waals surface area contributed by atoms with Crippen LogP contribution in [0.2, 0.25) is 0 Å². The molecule has 0 spiro atoms. The van der Waals surface area contributed by atoms with E-state index >= 15 is 0 Å². The summed E-state index contributed by atoms with van der Waals surface area (Å²) in [6.07, 6.45) is 5.91. The van der Waals surface area contributed by atoms with Gasteiger partial charge in [-0.2, -0.15) is 0 Å². The summed E-state index contributed by atoms with van der Waals surface area (Å²) >= 11 is 1.59. The molecule has 2 aromatic heterocycles. The highest BCUT2D eigenvalue weighted by molar-refractivity contribution is 7.14. The molecule has 1 N–H and O–H groups in total. The highest BCUT2D eigenvalue weighted by Crippen LogP contribution is 2.21. The summed E-state index contributed by atoms with van der Waals surface area (Å²) in [7, 11) is 0. The Morgan fingerprint density at radius 3 is 2.56 bits per heavy atom. The third-order valence-corrected chi connectivity index (χ3v) is 3.30. The summed E-state index contributed by atoms with van der Waals surface area (Å²) in [4.78, 5) is 7.96. The van der Waals surface area contributed by atoms with Gasteiger partial charge in [0.15, 0.2) is 5.01 Å². The molecule has 18 heavy (non-hydrogen) atoms. The molecule has 0 fully saturated rings. The molecular weight excluding hydrogens is 246 g/mol. The molecule has 0 saturated heterocycles. The van der Waals surface area contributed by atoms with Gasteiger partial charge in [0.05, 0.1) is 0 Å². The summed E-state index contributed by atoms with van der Waals surface area (Å²) in [5.74, 6) is 0. The van der Waals surface area contributed by atoms with E-state index in [1.165, 1.54) is 6.33 Å². The van der Waals surface area contributed by atoms with E-state index < -0.39 is 0 Å². The maximum Gasteiger partial charge on any atom is 0.150 e. The zero-order chi connectivity index (χ0) is 13.0. The lowest BCUT2D eigenvalue weighted by atomic mass is 10.1. The van der Waals surface area contributed by atoms with Gasteiger partial charge in [-0.25, -0.2) is 9.97 Å². The fourth-order valence-electron chi connectivity index (χ4n) is 1.43. The van der Waals surface area contributed by atoms with Crippen LogP contribution in [0.1, 0.15) is 25.8 Å². The number of hydrogen-bond donors (Lipinski definition) is 1. The second-order valence-corrected chi connectivity index (χ2v) is 6.12. The number of aromatic nitrogens is 4. The van der Waals surface area contributed by atoms with Crippen molar-refractivity contribution in [2.45, 2.75) is 32.7 Å². The minimum atomic E-state index is 0.140. The SMILES string of the molecule is CC(C)(C)NCCc1nnc(-c2cncnc2)s1. The molecule has 0 saturated carbocycles. The largest absolute Gasteiger partial charge is 0.312 e. The van der Waals surface area contributed by atoms with E-state index in [2.05, 4.69) is 46.3 Å². The molecule has 0 radical (unpaired) electrons. The van der Waals surface area contributed by atoms with Crippen molar-refractivity contribution in [2.75, 3.05) is 6.54 Å². The molecule has 0 bridgehead atoms. The van der Waals surface area contributed by atoms with Crippen LogP contribution in [0, 0.1) is 0 Å². The van der Waals surface area contributed by atoms with Crippen LogP contribution < -0.4 is 5.32 Å². The van der Waals surface area contributed by atoms with Crippen LogP contribution >= 0.6 is 11.3 Å². The first-order chi connectivity index (χ1) is 8.54. The molecule has 0 aromatic carbocycles. The molecular formula is C12H17N5S. The quantitative estimate of drug-likeness (QED) is 0.913. The standard InChI is InChI=1S/C12H17N5S/c1-12(2,3)15-5-4-10-16-17-11(18-10)9-6-13-8-14-7-9/h6-8,15H,4-5H2,1-3H3. The molecule has 0 aliphatic carbocycles. The van der Waals surface area contributed by atoms with Gasteiger partial charge < -0.3 is 5.32 Å². The first-order valence-corrected chi connectivity index (χ1v) is 6.69. The second kappa shape index (κ2) is 5.49. The zero-order valence-corrected chi connectivity index (χ0v) is 11.7. The number of nitrogens with one attached hydrogen (secondary N) is 1. The number of hydrogen-bond acceptors (Lipinski definition) is 6. The van der Waals surface area contributed by atoms with Crippen molar-refractivity contribution in [3.8, 4) is 10.6 Å². The van der Waals surface area contributed by atoms with E-state index in [1.54, 1.807) is 23.7 Å². The Bertz CT molecular complexity index is 489. The molecule has 0 atom stereocenters. The highest BCUT2D eigenvalue weighted by Gasteiger charge is 2.10. The third-order valence-electron chi connectivity index (χ3n) is 2.27. The van der Waals surface area contributed by atoms with E-state index in [4.69, 9.17) is 0 Å². The Morgan fingerprint density at radius 2 is 1.89 bits per heavy atom. The fourth-order valence-corrected chi connectivity index (χ4v) is 2.24. The predicted molar refractivity (Wildman–Crippen MR) is 72.4 cm³/mol. The monoisotopic (exact) mass is 263 g/mol. The van der Waals surface area contributed by atoms with Gasteiger partial charge in [0, 0.05) is 36.5 Å². The first-order valence-electron chi connectivity index (χ1n) is 5.87. The van der Waals surface area contributed by atoms with Gasteiger partial charge in [-0.15, -0.1) is 10.2 Å². The van der Waals surface area contributed by atoms with E-state index in [1.807, 2.05) is 0 Å². The molecule has 0 amide bonds. The Balaban J connectivity index is 1.95. The topological polar surface area (TPSA) is 63.6 Å². The molecule has 6 heteroatoms. The van der Waals surface area contributed by atoms with Crippen molar-refractivity contribution in [2.24, 2.45) is 0 Å². The van der Waals surface area contributed by atoms with Gasteiger partial charge in [-0.1, -0.05) is 11.3 Å². The number of nitrogens with zero attached hydrogens (tertiary/aromatic N) is 4. The Hall–Kier alpha value is -1.40. The third kappa shape index (κ3) is 3.82. The summed E-state index contributed by atoms with van der Waals surface area (Å²) in [5.41, 5.74) is 1.06. The van der Waals surface area contributed by atoms with Crippen LogP contribution in [-0.4, -0.2) is 32.2 Å². The number of rotatable bonds is 4. The van der Waals surface area contributed by atoms with E-state index in [0.717, 1.165) is 28.5 Å². The van der Waals surface area contributed by atoms with E-state index in [0.29, 0.717) is 0 Å². The van der Waals surface area contributed by atoms with Gasteiger partial charge in [0.2, 0.25) is 0 Å². The maximum atomic E-state index is 4.19. The van der Waals surface area contributed by atoms with Crippen molar-refractivity contribution >= 4 is 11.3 Å². The van der Waals surface area contributed by atoms with E-state index in [9.17, 15) is 0 Å². The zero-order valence-electron chi connectivity index (χ0n) is 10.8. The molecule has 0 unspecified atom stereocenters. The van der Waals surface area contributed by atoms with E-state index in [-0.39, 0.29) is 5.54 Å². The van der Waals surface area contributed by atoms with Crippen LogP contribution in [-0.2, 0) is 6.42 Å². The summed E-state index contributed by atoms with van der Waals surface area (Å²) < 4.78 is 0. The average molecular weight is 263 g/mol. The highest BCUT2D eigenvalue weighted by atomic mass is 32.1. The van der Waals surface area contributed by atoms with Crippen LogP contribution in [0.25, 0.3) is 10.6 Å². The minimum absolute atomic E-state index is 0.140. The smallest absolute Gasteiger partial charge is 0.150 e. The van der Waals surface area contributed by atoms with Crippen molar-refractivity contribution in [1.29, 1.82) is 0 Å². The fraction of sp³-hybridized carbons (Fsp3) is 0.500. The van der Waals surface area contributed by atoms with Gasteiger partial charge in [0.25, 0.3) is 0 Å². The van der Waals surface area contributed by atoms with Gasteiger partial charge in [0.1, 0.15) is 11.3 Å². The van der Waals surface area contributed by atoms with Crippen LogP contribution in [0.4, 0.5) is 0 Å². The molecule has 2 heterocycles. The molecule has 0 aliphatic heterocycles. The summed E-state index contributed by atoms with van der Waals surface area (Å²) in [6, 6.07) is 0. The minimum Gasteiger partial charge on any atom is -0.312 e. The molecule has 5 nitrogen and oxygen atoms in total. The van der Waals surface area contributed by atoms with Gasteiger partial charge >= 0.3 is 0 Å².